The quantitative estimate of drug-likeness (QED) is 0.820. The highest BCUT2D eigenvalue weighted by molar-refractivity contribution is 7.91. The van der Waals surface area contributed by atoms with E-state index in [2.05, 4.69) is 0 Å². The molecule has 6 heteroatoms. The second-order valence-corrected chi connectivity index (χ2v) is 7.64. The molecule has 1 aromatic carbocycles. The van der Waals surface area contributed by atoms with Gasteiger partial charge in [-0.2, -0.15) is 0 Å². The molecule has 21 heavy (non-hydrogen) atoms. The Balaban J connectivity index is 2.38. The molecule has 1 saturated carbocycles. The molecule has 1 aliphatic carbocycles. The molecule has 0 spiro atoms. The monoisotopic (exact) mass is 311 g/mol. The van der Waals surface area contributed by atoms with Crippen molar-refractivity contribution >= 4 is 15.8 Å². The average molecular weight is 311 g/mol. The lowest BCUT2D eigenvalue weighted by atomic mass is 10.0. The van der Waals surface area contributed by atoms with Gasteiger partial charge in [0.25, 0.3) is 0 Å². The van der Waals surface area contributed by atoms with Gasteiger partial charge in [-0.1, -0.05) is 31.2 Å². The first-order valence-electron chi connectivity index (χ1n) is 7.00. The molecule has 0 saturated heterocycles. The first kappa shape index (κ1) is 16.0. The first-order valence-corrected chi connectivity index (χ1v) is 8.96. The Hall–Kier alpha value is -1.40. The van der Waals surface area contributed by atoms with Gasteiger partial charge in [-0.25, -0.2) is 13.2 Å². The van der Waals surface area contributed by atoms with Crippen molar-refractivity contribution in [1.82, 2.24) is 0 Å². The van der Waals surface area contributed by atoms with Crippen molar-refractivity contribution < 1.29 is 17.9 Å². The number of nitrogens with two attached hydrogens (primary N) is 1. The van der Waals surface area contributed by atoms with Gasteiger partial charge in [-0.3, -0.25) is 0 Å². The number of hydrogen-bond donors (Lipinski definition) is 1. The molecular formula is C15H21NO4S. The molecule has 2 rings (SSSR count). The minimum Gasteiger partial charge on any atom is -0.465 e. The second-order valence-electron chi connectivity index (χ2n) is 5.48. The number of carbonyl (C=O) groups excluding carboxylic acids is 1. The zero-order chi connectivity index (χ0) is 15.8. The van der Waals surface area contributed by atoms with E-state index in [1.165, 1.54) is 0 Å². The molecule has 0 heterocycles. The Morgan fingerprint density at radius 2 is 1.86 bits per heavy atom. The third-order valence-corrected chi connectivity index (χ3v) is 5.60. The highest BCUT2D eigenvalue weighted by Gasteiger charge is 2.73. The highest BCUT2D eigenvalue weighted by atomic mass is 32.2. The van der Waals surface area contributed by atoms with Crippen LogP contribution in [0.15, 0.2) is 24.3 Å². The number of esters is 1. The Bertz CT molecular complexity index is 638. The first-order chi connectivity index (χ1) is 9.76. The zero-order valence-electron chi connectivity index (χ0n) is 12.5. The largest absolute Gasteiger partial charge is 0.465 e. The fourth-order valence-corrected chi connectivity index (χ4v) is 4.64. The Morgan fingerprint density at radius 1 is 1.29 bits per heavy atom. The van der Waals surface area contributed by atoms with Crippen molar-refractivity contribution in [2.24, 2.45) is 5.73 Å². The van der Waals surface area contributed by atoms with Gasteiger partial charge >= 0.3 is 5.97 Å². The summed E-state index contributed by atoms with van der Waals surface area (Å²) in [6, 6.07) is 7.54. The number of ether oxygens (including phenoxy) is 1. The number of hydrogen-bond acceptors (Lipinski definition) is 5. The second kappa shape index (κ2) is 5.42. The fraction of sp³-hybridized carbons (Fsp3) is 0.533. The van der Waals surface area contributed by atoms with Gasteiger partial charge in [0, 0.05) is 12.2 Å². The van der Waals surface area contributed by atoms with Gasteiger partial charge in [0.1, 0.15) is 5.54 Å². The van der Waals surface area contributed by atoms with Crippen LogP contribution in [0.2, 0.25) is 0 Å². The molecule has 3 atom stereocenters. The van der Waals surface area contributed by atoms with Crippen LogP contribution in [0, 0.1) is 0 Å². The summed E-state index contributed by atoms with van der Waals surface area (Å²) in [7, 11) is -3.44. The summed E-state index contributed by atoms with van der Waals surface area (Å²) in [5, 5.41) is -0.920. The SMILES string of the molecule is CCOC(=O)[C@]1(N)[C@H](c2ccc(CC)cc2)[C@H]1S(C)(=O)=O. The maximum Gasteiger partial charge on any atom is 0.328 e. The minimum atomic E-state index is -3.44. The summed E-state index contributed by atoms with van der Waals surface area (Å²) in [5.41, 5.74) is 6.53. The lowest BCUT2D eigenvalue weighted by molar-refractivity contribution is -0.145. The topological polar surface area (TPSA) is 86.5 Å². The van der Waals surface area contributed by atoms with Crippen molar-refractivity contribution in [3.05, 3.63) is 35.4 Å². The molecule has 0 aliphatic heterocycles. The van der Waals surface area contributed by atoms with Gasteiger partial charge in [-0.15, -0.1) is 0 Å². The molecule has 1 aromatic rings. The van der Waals surface area contributed by atoms with Gasteiger partial charge in [0.15, 0.2) is 9.84 Å². The van der Waals surface area contributed by atoms with E-state index in [4.69, 9.17) is 10.5 Å². The highest BCUT2D eigenvalue weighted by Crippen LogP contribution is 2.54. The van der Waals surface area contributed by atoms with Crippen LogP contribution in [0.5, 0.6) is 0 Å². The normalized spacial score (nSPS) is 28.2. The number of sulfone groups is 1. The predicted molar refractivity (Wildman–Crippen MR) is 80.7 cm³/mol. The maximum absolute atomic E-state index is 12.1. The molecule has 116 valence electrons. The fourth-order valence-electron chi connectivity index (χ4n) is 2.89. The summed E-state index contributed by atoms with van der Waals surface area (Å²) in [6.45, 7) is 3.89. The van der Waals surface area contributed by atoms with Crippen molar-refractivity contribution in [3.8, 4) is 0 Å². The summed E-state index contributed by atoms with van der Waals surface area (Å²) < 4.78 is 28.8. The standard InChI is InChI=1S/C15H21NO4S/c1-4-10-6-8-11(9-7-10)12-13(21(3,18)19)15(12,16)14(17)20-5-2/h6-9,12-13H,4-5,16H2,1-3H3/t12-,13-,15+/m1/s1. The van der Waals surface area contributed by atoms with E-state index < -0.39 is 32.5 Å². The van der Waals surface area contributed by atoms with E-state index in [1.807, 2.05) is 31.2 Å². The van der Waals surface area contributed by atoms with Crippen molar-refractivity contribution in [1.29, 1.82) is 0 Å². The minimum absolute atomic E-state index is 0.176. The summed E-state index contributed by atoms with van der Waals surface area (Å²) in [6.07, 6.45) is 2.00. The molecule has 0 bridgehead atoms. The van der Waals surface area contributed by atoms with Gasteiger partial charge in [0.2, 0.25) is 0 Å². The number of carbonyl (C=O) groups is 1. The van der Waals surface area contributed by atoms with Crippen LogP contribution in [0.4, 0.5) is 0 Å². The number of rotatable bonds is 5. The Labute approximate surface area is 125 Å². The van der Waals surface area contributed by atoms with Crippen molar-refractivity contribution in [2.75, 3.05) is 12.9 Å². The zero-order valence-corrected chi connectivity index (χ0v) is 13.3. The van der Waals surface area contributed by atoms with E-state index in [-0.39, 0.29) is 6.61 Å². The Kier molecular flexibility index (Phi) is 4.13. The molecule has 0 aromatic heterocycles. The molecule has 0 amide bonds. The maximum atomic E-state index is 12.1. The summed E-state index contributed by atoms with van der Waals surface area (Å²) in [4.78, 5) is 12.1. The molecule has 1 fully saturated rings. The summed E-state index contributed by atoms with van der Waals surface area (Å²) in [5.74, 6) is -1.19. The lowest BCUT2D eigenvalue weighted by Crippen LogP contribution is -2.41. The van der Waals surface area contributed by atoms with E-state index in [9.17, 15) is 13.2 Å². The van der Waals surface area contributed by atoms with E-state index >= 15 is 0 Å². The van der Waals surface area contributed by atoms with Gasteiger partial charge < -0.3 is 10.5 Å². The van der Waals surface area contributed by atoms with E-state index in [0.717, 1.165) is 23.8 Å². The van der Waals surface area contributed by atoms with Crippen LogP contribution in [0.3, 0.4) is 0 Å². The van der Waals surface area contributed by atoms with Crippen LogP contribution in [-0.2, 0) is 25.8 Å². The third kappa shape index (κ3) is 2.70. The molecule has 1 aliphatic rings. The van der Waals surface area contributed by atoms with Crippen molar-refractivity contribution in [3.63, 3.8) is 0 Å². The van der Waals surface area contributed by atoms with E-state index in [0.29, 0.717) is 0 Å². The van der Waals surface area contributed by atoms with Crippen LogP contribution < -0.4 is 5.73 Å². The van der Waals surface area contributed by atoms with Crippen LogP contribution in [0.25, 0.3) is 0 Å². The molecule has 5 nitrogen and oxygen atoms in total. The van der Waals surface area contributed by atoms with Crippen molar-refractivity contribution in [2.45, 2.75) is 37.0 Å². The van der Waals surface area contributed by atoms with Crippen LogP contribution in [0.1, 0.15) is 30.9 Å². The van der Waals surface area contributed by atoms with Gasteiger partial charge in [0.05, 0.1) is 11.9 Å². The van der Waals surface area contributed by atoms with Crippen LogP contribution in [-0.4, -0.2) is 38.0 Å². The van der Waals surface area contributed by atoms with Crippen LogP contribution >= 0.6 is 0 Å². The smallest absolute Gasteiger partial charge is 0.328 e. The Morgan fingerprint density at radius 3 is 2.29 bits per heavy atom. The molecule has 0 unspecified atom stereocenters. The molecular weight excluding hydrogens is 290 g/mol. The lowest BCUT2D eigenvalue weighted by Gasteiger charge is -2.10. The number of benzene rings is 1. The van der Waals surface area contributed by atoms with Gasteiger partial charge in [-0.05, 0) is 24.5 Å². The number of aryl methyl sites for hydroxylation is 1. The average Bonchev–Trinajstić information content (AvgIpc) is 3.07. The predicted octanol–water partition coefficient (Wildman–Crippen LogP) is 1.02. The van der Waals surface area contributed by atoms with E-state index in [1.54, 1.807) is 6.92 Å². The molecule has 2 N–H and O–H groups in total. The summed E-state index contributed by atoms with van der Waals surface area (Å²) >= 11 is 0. The molecule has 0 radical (unpaired) electrons. The third-order valence-electron chi connectivity index (χ3n) is 4.02.